The molecule has 7 aromatic rings. The minimum Gasteiger partial charge on any atom is -1.00 e. The van der Waals surface area contributed by atoms with Crippen molar-refractivity contribution in [3.8, 4) is 63.9 Å². The number of hydrogen-bond donors (Lipinski definition) is 8. The van der Waals surface area contributed by atoms with E-state index in [1.807, 2.05) is 178 Å². The zero-order chi connectivity index (χ0) is 96.4. The minimum atomic E-state index is -1.57. The first-order chi connectivity index (χ1) is 56.7. The van der Waals surface area contributed by atoms with Crippen LogP contribution in [0.15, 0.2) is 93.6 Å². The summed E-state index contributed by atoms with van der Waals surface area (Å²) >= 11 is 12.9. The van der Waals surface area contributed by atoms with E-state index in [-0.39, 0.29) is 195 Å². The predicted octanol–water partition coefficient (Wildman–Crippen LogP) is 9.48. The van der Waals surface area contributed by atoms with E-state index >= 15 is 0 Å². The van der Waals surface area contributed by atoms with Crippen molar-refractivity contribution in [3.63, 3.8) is 0 Å². The predicted molar refractivity (Wildman–Crippen MR) is 501 cm³/mol. The molecule has 0 atom stereocenters. The Bertz CT molecular complexity index is 4320. The standard InChI is InChI=1S/C12H16N2O2.C10H16BNO3.C10H14BNO3.C10H12BrNO.C10H15NO2.C9H22N2O.C7H7Br2NO.C7H9NO.C4H8.C2H2BrN.C2H4O2.CH2O3.CH4.2Cs.H2O2.H/c1-8(2)12-11(16-6-5-13)7-10(15-4)9(3)14-12;2*1-6(2)10-8(11(13)14)5-9(15-4)7(3)12-10;1-6(2)10-8(11)5-9(13-4)7(3)12-10;1-6(2)10-8(12)5-9(13-4)7(3)11-10;1-9(2,3)12-8(10(4)5)11(6)7;1-4-6(11-2)3-5(8)7(9)10-4;1-6-7(9-2)4-3-5-8-6;1-4(2)3;3-1-2-4;1-2(3)4;2-1-4-3;;;;1-2;/h7-8H,6H2,1-4H3;5-6,13-14H,1-4H3;5,13-14H,1H2,2-4H3;5H,1H2,2-4H3;5-6,12H,1-4H3;8H,1-7H3;3H,1-2H3;3-5H,1-2H3;1H2,2-3H3;1H2;1H3,(H,3,4);1,3H;1H4;;;1-2H;/q;;;;;;;;;;;;;2*+1;;-1/p-1. The third kappa shape index (κ3) is 61.4. The largest absolute Gasteiger partial charge is 1.00 e. The molecule has 7 aromatic heterocycles. The number of ether oxygens (including phenoxy) is 9. The number of aromatic nitrogens is 7. The number of halogens is 4. The first-order valence-corrected chi connectivity index (χ1v) is 40.3. The number of hydrogen-bond acceptors (Lipinski definition) is 31. The van der Waals surface area contributed by atoms with Gasteiger partial charge in [0.1, 0.15) is 62.4 Å². The monoisotopic (exact) mass is 2250 g/mol. The van der Waals surface area contributed by atoms with Crippen molar-refractivity contribution in [1.82, 2.24) is 44.7 Å². The fraction of sp³-hybridized carbons (Fsp3) is 0.471. The smallest absolute Gasteiger partial charge is 1.00 e. The fourth-order valence-electron chi connectivity index (χ4n) is 8.99. The number of aryl methyl sites for hydroxylation is 7. The molecule has 0 amide bonds. The Balaban J connectivity index is -0.000000148. The first-order valence-electron chi connectivity index (χ1n) is 36.8. The number of alkyl halides is 1. The number of carboxylic acids is 1. The van der Waals surface area contributed by atoms with E-state index in [4.69, 9.17) is 83.6 Å². The molecule has 0 saturated carbocycles. The number of pyridine rings is 7. The molecule has 7 rings (SSSR count). The summed E-state index contributed by atoms with van der Waals surface area (Å²) in [5, 5.41) is 90.8. The molecule has 125 heavy (non-hydrogen) atoms. The number of aliphatic carboxylic acids is 1. The van der Waals surface area contributed by atoms with Crippen molar-refractivity contribution in [3.05, 3.63) is 162 Å². The van der Waals surface area contributed by atoms with Gasteiger partial charge in [0.25, 0.3) is 12.4 Å². The van der Waals surface area contributed by atoms with Crippen LogP contribution in [0.2, 0.25) is 0 Å². The maximum atomic E-state index is 9.57. The first kappa shape index (κ1) is 138. The maximum absolute atomic E-state index is 9.57. The molecule has 0 aliphatic carbocycles. The second-order valence-electron chi connectivity index (χ2n) is 27.7. The van der Waals surface area contributed by atoms with Gasteiger partial charge in [0.05, 0.1) is 134 Å². The van der Waals surface area contributed by atoms with Gasteiger partial charge in [-0.25, -0.2) is 15.0 Å². The summed E-state index contributed by atoms with van der Waals surface area (Å²) < 4.78 is 49.3. The van der Waals surface area contributed by atoms with Crippen LogP contribution in [-0.4, -0.2) is 214 Å². The molecule has 0 fully saturated rings. The Labute approximate surface area is 896 Å². The topological polar surface area (TPSA) is 456 Å². The normalized spacial score (nSPS) is 9.46. The quantitative estimate of drug-likeness (QED) is 0.00514. The van der Waals surface area contributed by atoms with Gasteiger partial charge in [-0.1, -0.05) is 83.6 Å². The van der Waals surface area contributed by atoms with E-state index in [2.05, 4.69) is 144 Å². The average molecular weight is 2250 g/mol. The van der Waals surface area contributed by atoms with E-state index < -0.39 is 20.2 Å². The molecule has 690 valence electrons. The van der Waals surface area contributed by atoms with Crippen molar-refractivity contribution in [2.45, 2.75) is 183 Å². The fourth-order valence-corrected chi connectivity index (χ4v) is 10.3. The molecule has 0 spiro atoms. The molecule has 0 radical (unpaired) electrons. The number of rotatable bonds is 20. The molecule has 40 heteroatoms. The number of nitriles is 2. The molecular weight excluding hydrogens is 2120 g/mol. The van der Waals surface area contributed by atoms with E-state index in [1.54, 1.807) is 79.9 Å². The Kier molecular flexibility index (Phi) is 86.0. The maximum Gasteiger partial charge on any atom is 1.00 e. The molecular formula is C85H133B2Br4Cs2N11O21. The van der Waals surface area contributed by atoms with Gasteiger partial charge in [-0.2, -0.15) is 10.5 Å². The van der Waals surface area contributed by atoms with Gasteiger partial charge in [-0.3, -0.25) is 49.8 Å². The SMILES string of the molecule is C.C=C(C)C.C=C(C)c1nc(C)c(OC)cc1B(O)O.C=C(C)c1nc(C)c(OC)cc1Br.CC(=O)O.CN(C)C(OC(C)(C)C)N(C)C.COc1cc(B(O)O)c(C(C)C)nc1C.COc1cc(Br)c(Br)nc1C.COc1cc(O)c(C(C)C)nc1C.COc1cc(OCC#N)c(C(C)C)nc1C.COc1cccnc1C.N#CCBr.O=CO[O-].OO.[Cs+].[Cs+].[H-]. The van der Waals surface area contributed by atoms with Gasteiger partial charge in [-0.05, 0) is 238 Å². The summed E-state index contributed by atoms with van der Waals surface area (Å²) in [7, 11) is 16.1. The third-order valence-electron chi connectivity index (χ3n) is 14.2. The zero-order valence-corrected chi connectivity index (χ0v) is 97.5. The molecule has 7 heterocycles. The number of carbonyl (C=O) groups is 2. The summed E-state index contributed by atoms with van der Waals surface area (Å²) in [4.78, 5) is 54.2. The summed E-state index contributed by atoms with van der Waals surface area (Å²) in [5.74, 6) is 5.45. The van der Waals surface area contributed by atoms with Crippen molar-refractivity contribution in [1.29, 1.82) is 10.5 Å². The van der Waals surface area contributed by atoms with Crippen LogP contribution in [-0.2, 0) is 19.2 Å². The molecule has 0 aliphatic rings. The van der Waals surface area contributed by atoms with E-state index in [0.29, 0.717) is 67.7 Å². The molecule has 32 nitrogen and oxygen atoms in total. The van der Waals surface area contributed by atoms with Crippen LogP contribution in [0.3, 0.4) is 0 Å². The number of aromatic hydroxyl groups is 1. The van der Waals surface area contributed by atoms with E-state index in [9.17, 15) is 25.2 Å². The Morgan fingerprint density at radius 2 is 0.872 bits per heavy atom. The second-order valence-corrected chi connectivity index (χ2v) is 30.7. The molecule has 0 bridgehead atoms. The van der Waals surface area contributed by atoms with Crippen molar-refractivity contribution >= 4 is 112 Å². The van der Waals surface area contributed by atoms with Crippen molar-refractivity contribution < 1.29 is 242 Å². The van der Waals surface area contributed by atoms with Crippen molar-refractivity contribution in [2.75, 3.05) is 89.9 Å². The van der Waals surface area contributed by atoms with Crippen LogP contribution < -0.4 is 192 Å². The second kappa shape index (κ2) is 77.9. The molecule has 0 saturated heterocycles. The van der Waals surface area contributed by atoms with E-state index in [0.717, 1.165) is 94.5 Å². The number of nitrogens with zero attached hydrogens (tertiary/aromatic N) is 11. The molecule has 0 aliphatic heterocycles. The van der Waals surface area contributed by atoms with Crippen LogP contribution >= 0.6 is 63.7 Å². The summed E-state index contributed by atoms with van der Waals surface area (Å²) in [5.41, 5.74) is 12.9. The van der Waals surface area contributed by atoms with Gasteiger partial charge in [0, 0.05) is 46.3 Å². The third-order valence-corrected chi connectivity index (χ3v) is 16.8. The van der Waals surface area contributed by atoms with Crippen molar-refractivity contribution in [2.24, 2.45) is 0 Å². The number of allylic oxidation sites excluding steroid dienone is 3. The summed E-state index contributed by atoms with van der Waals surface area (Å²) in [6, 6.07) is 17.9. The molecule has 0 unspecified atom stereocenters. The zero-order valence-electron chi connectivity index (χ0n) is 79.6. The molecule has 0 aromatic carbocycles. The van der Waals surface area contributed by atoms with Crippen LogP contribution in [0.5, 0.6) is 51.7 Å². The Hall–Kier alpha value is -4.86. The Morgan fingerprint density at radius 1 is 0.552 bits per heavy atom. The number of carbonyl (C=O) groups excluding carboxylic acids is 1. The summed E-state index contributed by atoms with van der Waals surface area (Å²) in [6.45, 7) is 51.0. The number of carboxylic acid groups (broad SMARTS) is 1. The number of methoxy groups -OCH3 is 7. The molecule has 8 N–H and O–H groups in total. The Morgan fingerprint density at radius 3 is 1.18 bits per heavy atom. The van der Waals surface area contributed by atoms with Gasteiger partial charge in [0.15, 0.2) is 13.0 Å². The van der Waals surface area contributed by atoms with Gasteiger partial charge >= 0.3 is 152 Å². The van der Waals surface area contributed by atoms with Gasteiger partial charge in [0.2, 0.25) is 0 Å². The van der Waals surface area contributed by atoms with Gasteiger partial charge in [-0.15, -0.1) is 6.58 Å². The van der Waals surface area contributed by atoms with Crippen LogP contribution in [0.4, 0.5) is 0 Å². The van der Waals surface area contributed by atoms with Crippen LogP contribution in [0, 0.1) is 71.1 Å². The van der Waals surface area contributed by atoms with Crippen LogP contribution in [0.25, 0.3) is 11.1 Å². The average Bonchev–Trinajstić information content (AvgIpc) is 0.809. The van der Waals surface area contributed by atoms with Crippen LogP contribution in [0.1, 0.15) is 192 Å². The summed E-state index contributed by atoms with van der Waals surface area (Å²) in [6.07, 6.45) is 1.79. The van der Waals surface area contributed by atoms with Gasteiger partial charge < -0.3 is 84.5 Å². The minimum absolute atomic E-state index is 0. The van der Waals surface area contributed by atoms with E-state index in [1.165, 1.54) is 19.8 Å².